The number of ether oxygens (including phenoxy) is 2. The summed E-state index contributed by atoms with van der Waals surface area (Å²) in [5.74, 6) is 0. The van der Waals surface area contributed by atoms with Crippen LogP contribution in [-0.2, 0) is 9.47 Å². The fourth-order valence-corrected chi connectivity index (χ4v) is 1.36. The smallest absolute Gasteiger partial charge is 0.157 e. The zero-order chi connectivity index (χ0) is 9.73. The molecule has 1 rings (SSSR count). The highest BCUT2D eigenvalue weighted by Crippen LogP contribution is 2.21. The van der Waals surface area contributed by atoms with Crippen molar-refractivity contribution in [3.8, 4) is 0 Å². The Morgan fingerprint density at radius 2 is 2.23 bits per heavy atom. The lowest BCUT2D eigenvalue weighted by Crippen LogP contribution is -2.29. The summed E-state index contributed by atoms with van der Waals surface area (Å²) in [6.07, 6.45) is 3.52. The average Bonchev–Trinajstić information content (AvgIpc) is 2.17. The van der Waals surface area contributed by atoms with Gasteiger partial charge >= 0.3 is 0 Å². The lowest BCUT2D eigenvalue weighted by Gasteiger charge is -2.28. The topological polar surface area (TPSA) is 18.5 Å². The second-order valence-corrected chi connectivity index (χ2v) is 4.97. The number of rotatable bonds is 4. The SMILES string of the molecule is CC(C)(CBr)COC1CCCCO1. The minimum Gasteiger partial charge on any atom is -0.353 e. The van der Waals surface area contributed by atoms with Gasteiger partial charge in [-0.1, -0.05) is 29.8 Å². The molecule has 0 saturated carbocycles. The van der Waals surface area contributed by atoms with Gasteiger partial charge in [0.25, 0.3) is 0 Å². The van der Waals surface area contributed by atoms with Gasteiger partial charge in [0.1, 0.15) is 0 Å². The summed E-state index contributed by atoms with van der Waals surface area (Å²) >= 11 is 3.48. The van der Waals surface area contributed by atoms with Crippen molar-refractivity contribution in [3.05, 3.63) is 0 Å². The maximum absolute atomic E-state index is 5.69. The van der Waals surface area contributed by atoms with Gasteiger partial charge in [-0.05, 0) is 24.7 Å². The Kier molecular flexibility index (Phi) is 4.70. The van der Waals surface area contributed by atoms with Gasteiger partial charge in [0.15, 0.2) is 6.29 Å². The third kappa shape index (κ3) is 4.43. The third-order valence-corrected chi connectivity index (χ3v) is 3.68. The van der Waals surface area contributed by atoms with Gasteiger partial charge in [-0.3, -0.25) is 0 Å². The van der Waals surface area contributed by atoms with Crippen molar-refractivity contribution in [2.24, 2.45) is 5.41 Å². The standard InChI is InChI=1S/C10H19BrO2/c1-10(2,7-11)8-13-9-5-3-4-6-12-9/h9H,3-8H2,1-2H3. The number of alkyl halides is 1. The summed E-state index contributed by atoms with van der Waals surface area (Å²) in [7, 11) is 0. The lowest BCUT2D eigenvalue weighted by molar-refractivity contribution is -0.174. The minimum absolute atomic E-state index is 0.0482. The van der Waals surface area contributed by atoms with E-state index in [9.17, 15) is 0 Å². The van der Waals surface area contributed by atoms with E-state index in [1.54, 1.807) is 0 Å². The number of halogens is 1. The van der Waals surface area contributed by atoms with Gasteiger partial charge in [0.05, 0.1) is 6.61 Å². The highest BCUT2D eigenvalue weighted by molar-refractivity contribution is 9.09. The summed E-state index contributed by atoms with van der Waals surface area (Å²) in [5.41, 5.74) is 0.209. The zero-order valence-electron chi connectivity index (χ0n) is 8.51. The quantitative estimate of drug-likeness (QED) is 0.715. The maximum Gasteiger partial charge on any atom is 0.157 e. The van der Waals surface area contributed by atoms with Crippen LogP contribution in [0.4, 0.5) is 0 Å². The van der Waals surface area contributed by atoms with Crippen molar-refractivity contribution in [1.29, 1.82) is 0 Å². The van der Waals surface area contributed by atoms with E-state index in [2.05, 4.69) is 29.8 Å². The maximum atomic E-state index is 5.69. The molecule has 0 aromatic heterocycles. The molecule has 78 valence electrons. The molecule has 1 unspecified atom stereocenters. The Morgan fingerprint density at radius 1 is 1.46 bits per heavy atom. The zero-order valence-corrected chi connectivity index (χ0v) is 10.1. The summed E-state index contributed by atoms with van der Waals surface area (Å²) in [6.45, 7) is 6.00. The molecule has 1 atom stereocenters. The van der Waals surface area contributed by atoms with Gasteiger partial charge in [0, 0.05) is 11.9 Å². The molecule has 0 amide bonds. The van der Waals surface area contributed by atoms with Crippen LogP contribution in [0.25, 0.3) is 0 Å². The molecule has 13 heavy (non-hydrogen) atoms. The van der Waals surface area contributed by atoms with Crippen LogP contribution in [0.2, 0.25) is 0 Å². The van der Waals surface area contributed by atoms with E-state index in [4.69, 9.17) is 9.47 Å². The van der Waals surface area contributed by atoms with E-state index in [1.165, 1.54) is 12.8 Å². The van der Waals surface area contributed by atoms with Crippen molar-refractivity contribution in [2.45, 2.75) is 39.4 Å². The van der Waals surface area contributed by atoms with Crippen LogP contribution in [0.5, 0.6) is 0 Å². The van der Waals surface area contributed by atoms with Crippen LogP contribution < -0.4 is 0 Å². The molecule has 2 nitrogen and oxygen atoms in total. The number of hydrogen-bond donors (Lipinski definition) is 0. The summed E-state index contributed by atoms with van der Waals surface area (Å²) in [4.78, 5) is 0. The van der Waals surface area contributed by atoms with E-state index in [0.717, 1.165) is 25.0 Å². The fourth-order valence-electron chi connectivity index (χ4n) is 1.20. The van der Waals surface area contributed by atoms with E-state index >= 15 is 0 Å². The lowest BCUT2D eigenvalue weighted by atomic mass is 9.98. The predicted octanol–water partition coefficient (Wildman–Crippen LogP) is 2.95. The first-order valence-electron chi connectivity index (χ1n) is 4.93. The second kappa shape index (κ2) is 5.32. The molecule has 1 heterocycles. The van der Waals surface area contributed by atoms with Gasteiger partial charge in [0.2, 0.25) is 0 Å². The molecule has 0 aromatic carbocycles. The average molecular weight is 251 g/mol. The predicted molar refractivity (Wildman–Crippen MR) is 57.1 cm³/mol. The first-order chi connectivity index (χ1) is 6.14. The number of hydrogen-bond acceptors (Lipinski definition) is 2. The van der Waals surface area contributed by atoms with Crippen LogP contribution in [-0.4, -0.2) is 24.8 Å². The largest absolute Gasteiger partial charge is 0.353 e. The van der Waals surface area contributed by atoms with E-state index in [0.29, 0.717) is 0 Å². The molecule has 0 aliphatic carbocycles. The van der Waals surface area contributed by atoms with Gasteiger partial charge in [-0.25, -0.2) is 0 Å². The molecule has 1 saturated heterocycles. The van der Waals surface area contributed by atoms with Crippen LogP contribution in [0.15, 0.2) is 0 Å². The Morgan fingerprint density at radius 3 is 2.77 bits per heavy atom. The molecule has 0 radical (unpaired) electrons. The molecule has 3 heteroatoms. The summed E-state index contributed by atoms with van der Waals surface area (Å²) in [6, 6.07) is 0. The van der Waals surface area contributed by atoms with Crippen LogP contribution in [0.3, 0.4) is 0 Å². The Balaban J connectivity index is 2.17. The Hall–Kier alpha value is 0.400. The molecule has 0 bridgehead atoms. The van der Waals surface area contributed by atoms with Crippen LogP contribution in [0, 0.1) is 5.41 Å². The second-order valence-electron chi connectivity index (χ2n) is 4.40. The van der Waals surface area contributed by atoms with E-state index in [1.807, 2.05) is 0 Å². The molecular weight excluding hydrogens is 232 g/mol. The molecule has 0 aromatic rings. The van der Waals surface area contributed by atoms with Crippen LogP contribution in [0.1, 0.15) is 33.1 Å². The van der Waals surface area contributed by atoms with Crippen molar-refractivity contribution in [1.82, 2.24) is 0 Å². The molecule has 1 aliphatic heterocycles. The van der Waals surface area contributed by atoms with Gasteiger partial charge in [-0.2, -0.15) is 0 Å². The summed E-state index contributed by atoms with van der Waals surface area (Å²) < 4.78 is 11.2. The first-order valence-corrected chi connectivity index (χ1v) is 6.05. The Labute approximate surface area is 89.1 Å². The fraction of sp³-hybridized carbons (Fsp3) is 1.00. The molecule has 1 aliphatic rings. The monoisotopic (exact) mass is 250 g/mol. The first kappa shape index (κ1) is 11.5. The van der Waals surface area contributed by atoms with Gasteiger partial charge in [-0.15, -0.1) is 0 Å². The summed E-state index contributed by atoms with van der Waals surface area (Å²) in [5, 5.41) is 0.965. The third-order valence-electron chi connectivity index (χ3n) is 2.16. The highest BCUT2D eigenvalue weighted by Gasteiger charge is 2.20. The van der Waals surface area contributed by atoms with Crippen molar-refractivity contribution in [3.63, 3.8) is 0 Å². The van der Waals surface area contributed by atoms with E-state index < -0.39 is 0 Å². The highest BCUT2D eigenvalue weighted by atomic mass is 79.9. The van der Waals surface area contributed by atoms with Crippen LogP contribution >= 0.6 is 15.9 Å². The Bertz CT molecular complexity index is 142. The molecule has 0 spiro atoms. The van der Waals surface area contributed by atoms with Crippen molar-refractivity contribution >= 4 is 15.9 Å². The normalized spacial score (nSPS) is 24.7. The van der Waals surface area contributed by atoms with E-state index in [-0.39, 0.29) is 11.7 Å². The molecule has 1 fully saturated rings. The minimum atomic E-state index is 0.0482. The molecule has 0 N–H and O–H groups in total. The van der Waals surface area contributed by atoms with Crippen molar-refractivity contribution in [2.75, 3.05) is 18.5 Å². The molecular formula is C10H19BrO2. The van der Waals surface area contributed by atoms with Crippen molar-refractivity contribution < 1.29 is 9.47 Å². The van der Waals surface area contributed by atoms with Gasteiger partial charge < -0.3 is 9.47 Å².